The van der Waals surface area contributed by atoms with Gasteiger partial charge in [0.05, 0.1) is 0 Å². The molecule has 2 heteroatoms. The molecule has 1 aliphatic rings. The minimum absolute atomic E-state index is 0.758. The molecule has 0 spiro atoms. The third-order valence-electron chi connectivity index (χ3n) is 3.33. The molecular formula is C14H22N2. The van der Waals surface area contributed by atoms with Crippen molar-refractivity contribution in [1.82, 2.24) is 10.3 Å². The summed E-state index contributed by atoms with van der Waals surface area (Å²) in [4.78, 5) is 4.36. The SMILES string of the molecule is CCNC(CCCc1ccccn1)C1CC1. The summed E-state index contributed by atoms with van der Waals surface area (Å²) in [5, 5.41) is 3.61. The van der Waals surface area contributed by atoms with E-state index in [9.17, 15) is 0 Å². The van der Waals surface area contributed by atoms with Crippen LogP contribution in [0.25, 0.3) is 0 Å². The van der Waals surface area contributed by atoms with E-state index in [4.69, 9.17) is 0 Å². The fourth-order valence-corrected chi connectivity index (χ4v) is 2.31. The fraction of sp³-hybridized carbons (Fsp3) is 0.643. The second-order valence-corrected chi connectivity index (χ2v) is 4.71. The Hall–Kier alpha value is -0.890. The van der Waals surface area contributed by atoms with E-state index in [1.807, 2.05) is 12.3 Å². The minimum atomic E-state index is 0.758. The van der Waals surface area contributed by atoms with Gasteiger partial charge >= 0.3 is 0 Å². The zero-order valence-corrected chi connectivity index (χ0v) is 10.2. The lowest BCUT2D eigenvalue weighted by atomic mass is 10.0. The van der Waals surface area contributed by atoms with Gasteiger partial charge in [0.1, 0.15) is 0 Å². The van der Waals surface area contributed by atoms with E-state index in [2.05, 4.69) is 29.4 Å². The summed E-state index contributed by atoms with van der Waals surface area (Å²) < 4.78 is 0. The number of aromatic nitrogens is 1. The van der Waals surface area contributed by atoms with Crippen LogP contribution in [-0.4, -0.2) is 17.6 Å². The van der Waals surface area contributed by atoms with Gasteiger partial charge in [0.25, 0.3) is 0 Å². The van der Waals surface area contributed by atoms with Crippen LogP contribution < -0.4 is 5.32 Å². The molecule has 16 heavy (non-hydrogen) atoms. The van der Waals surface area contributed by atoms with Crippen molar-refractivity contribution in [2.45, 2.75) is 45.1 Å². The van der Waals surface area contributed by atoms with Crippen LogP contribution in [0, 0.1) is 5.92 Å². The Kier molecular flexibility index (Phi) is 4.34. The average Bonchev–Trinajstić information content (AvgIpc) is 3.13. The fourth-order valence-electron chi connectivity index (χ4n) is 2.31. The van der Waals surface area contributed by atoms with Gasteiger partial charge < -0.3 is 5.32 Å². The predicted molar refractivity (Wildman–Crippen MR) is 67.4 cm³/mol. The van der Waals surface area contributed by atoms with Crippen molar-refractivity contribution >= 4 is 0 Å². The van der Waals surface area contributed by atoms with Crippen LogP contribution in [0.5, 0.6) is 0 Å². The number of hydrogen-bond donors (Lipinski definition) is 1. The van der Waals surface area contributed by atoms with Gasteiger partial charge in [-0.2, -0.15) is 0 Å². The summed E-state index contributed by atoms with van der Waals surface area (Å²) in [7, 11) is 0. The second kappa shape index (κ2) is 6.00. The molecule has 0 bridgehead atoms. The number of aryl methyl sites for hydroxylation is 1. The molecule has 0 aliphatic heterocycles. The molecule has 1 atom stereocenters. The summed E-state index contributed by atoms with van der Waals surface area (Å²) in [5.41, 5.74) is 1.23. The average molecular weight is 218 g/mol. The normalized spacial score (nSPS) is 17.3. The van der Waals surface area contributed by atoms with Crippen molar-refractivity contribution in [3.8, 4) is 0 Å². The number of rotatable bonds is 7. The summed E-state index contributed by atoms with van der Waals surface area (Å²) in [6, 6.07) is 6.94. The molecule has 0 amide bonds. The number of nitrogens with zero attached hydrogens (tertiary/aromatic N) is 1. The first-order valence-corrected chi connectivity index (χ1v) is 6.53. The van der Waals surface area contributed by atoms with Gasteiger partial charge in [0, 0.05) is 17.9 Å². The summed E-state index contributed by atoms with van der Waals surface area (Å²) in [5.74, 6) is 0.962. The highest BCUT2D eigenvalue weighted by Crippen LogP contribution is 2.34. The molecule has 1 aliphatic carbocycles. The maximum Gasteiger partial charge on any atom is 0.0403 e. The largest absolute Gasteiger partial charge is 0.314 e. The monoisotopic (exact) mass is 218 g/mol. The lowest BCUT2D eigenvalue weighted by molar-refractivity contribution is 0.433. The van der Waals surface area contributed by atoms with E-state index >= 15 is 0 Å². The van der Waals surface area contributed by atoms with E-state index in [0.29, 0.717) is 0 Å². The lowest BCUT2D eigenvalue weighted by Crippen LogP contribution is -2.30. The van der Waals surface area contributed by atoms with Gasteiger partial charge in [0.2, 0.25) is 0 Å². The molecule has 1 saturated carbocycles. The summed E-state index contributed by atoms with van der Waals surface area (Å²) in [6.07, 6.45) is 8.43. The Morgan fingerprint density at radius 1 is 1.44 bits per heavy atom. The van der Waals surface area contributed by atoms with E-state index in [1.165, 1.54) is 31.4 Å². The predicted octanol–water partition coefficient (Wildman–Crippen LogP) is 2.79. The van der Waals surface area contributed by atoms with Crippen molar-refractivity contribution in [3.05, 3.63) is 30.1 Å². The Bertz CT molecular complexity index is 293. The molecular weight excluding hydrogens is 196 g/mol. The van der Waals surface area contributed by atoms with E-state index < -0.39 is 0 Å². The van der Waals surface area contributed by atoms with E-state index in [1.54, 1.807) is 0 Å². The number of nitrogens with one attached hydrogen (secondary N) is 1. The Morgan fingerprint density at radius 2 is 2.31 bits per heavy atom. The number of hydrogen-bond acceptors (Lipinski definition) is 2. The van der Waals surface area contributed by atoms with Gasteiger partial charge in [-0.15, -0.1) is 0 Å². The lowest BCUT2D eigenvalue weighted by Gasteiger charge is -2.16. The zero-order valence-electron chi connectivity index (χ0n) is 10.2. The van der Waals surface area contributed by atoms with Crippen LogP contribution in [-0.2, 0) is 6.42 Å². The minimum Gasteiger partial charge on any atom is -0.314 e. The smallest absolute Gasteiger partial charge is 0.0403 e. The molecule has 1 unspecified atom stereocenters. The summed E-state index contributed by atoms with van der Waals surface area (Å²) in [6.45, 7) is 3.30. The molecule has 88 valence electrons. The Morgan fingerprint density at radius 3 is 2.94 bits per heavy atom. The van der Waals surface area contributed by atoms with Gasteiger partial charge in [-0.3, -0.25) is 4.98 Å². The third-order valence-corrected chi connectivity index (χ3v) is 3.33. The molecule has 1 heterocycles. The topological polar surface area (TPSA) is 24.9 Å². The van der Waals surface area contributed by atoms with Crippen LogP contribution in [0.2, 0.25) is 0 Å². The first-order chi connectivity index (χ1) is 7.90. The van der Waals surface area contributed by atoms with Crippen molar-refractivity contribution in [3.63, 3.8) is 0 Å². The highest BCUT2D eigenvalue weighted by molar-refractivity contribution is 5.03. The highest BCUT2D eigenvalue weighted by Gasteiger charge is 2.29. The molecule has 0 aromatic carbocycles. The molecule has 1 N–H and O–H groups in total. The molecule has 0 radical (unpaired) electrons. The van der Waals surface area contributed by atoms with E-state index in [0.717, 1.165) is 24.9 Å². The van der Waals surface area contributed by atoms with Gasteiger partial charge in [-0.25, -0.2) is 0 Å². The quantitative estimate of drug-likeness (QED) is 0.761. The van der Waals surface area contributed by atoms with Crippen molar-refractivity contribution in [2.75, 3.05) is 6.54 Å². The Labute approximate surface area is 98.5 Å². The molecule has 2 nitrogen and oxygen atoms in total. The summed E-state index contributed by atoms with van der Waals surface area (Å²) >= 11 is 0. The molecule has 1 aromatic heterocycles. The van der Waals surface area contributed by atoms with E-state index in [-0.39, 0.29) is 0 Å². The van der Waals surface area contributed by atoms with Crippen molar-refractivity contribution < 1.29 is 0 Å². The van der Waals surface area contributed by atoms with Crippen LogP contribution in [0.15, 0.2) is 24.4 Å². The van der Waals surface area contributed by atoms with Crippen molar-refractivity contribution in [1.29, 1.82) is 0 Å². The van der Waals surface area contributed by atoms with Crippen LogP contribution >= 0.6 is 0 Å². The zero-order chi connectivity index (χ0) is 11.2. The van der Waals surface area contributed by atoms with Crippen LogP contribution in [0.3, 0.4) is 0 Å². The van der Waals surface area contributed by atoms with Crippen LogP contribution in [0.1, 0.15) is 38.3 Å². The maximum atomic E-state index is 4.36. The molecule has 1 fully saturated rings. The molecule has 1 aromatic rings. The van der Waals surface area contributed by atoms with Gasteiger partial charge in [-0.1, -0.05) is 13.0 Å². The Balaban J connectivity index is 1.70. The van der Waals surface area contributed by atoms with Gasteiger partial charge in [-0.05, 0) is 56.7 Å². The third kappa shape index (κ3) is 3.60. The van der Waals surface area contributed by atoms with Gasteiger partial charge in [0.15, 0.2) is 0 Å². The molecule has 2 rings (SSSR count). The number of pyridine rings is 1. The maximum absolute atomic E-state index is 4.36. The standard InChI is InChI=1S/C14H22N2/c1-2-15-14(12-9-10-12)8-5-7-13-6-3-4-11-16-13/h3-4,6,11-12,14-15H,2,5,7-10H2,1H3. The van der Waals surface area contributed by atoms with Crippen molar-refractivity contribution in [2.24, 2.45) is 5.92 Å². The first kappa shape index (κ1) is 11.6. The molecule has 0 saturated heterocycles. The highest BCUT2D eigenvalue weighted by atomic mass is 14.9. The van der Waals surface area contributed by atoms with Crippen LogP contribution in [0.4, 0.5) is 0 Å². The second-order valence-electron chi connectivity index (χ2n) is 4.71. The first-order valence-electron chi connectivity index (χ1n) is 6.53.